The van der Waals surface area contributed by atoms with Gasteiger partial charge in [0.25, 0.3) is 5.19 Å². The maximum atomic E-state index is 10.6. The minimum Gasteiger partial charge on any atom is -0.381 e. The molecule has 4 nitrogen and oxygen atoms in total. The number of aromatic nitrogens is 1. The van der Waals surface area contributed by atoms with Gasteiger partial charge in [-0.3, -0.25) is 0 Å². The second-order valence-corrected chi connectivity index (χ2v) is 6.95. The molecule has 0 aliphatic heterocycles. The van der Waals surface area contributed by atoms with Gasteiger partial charge in [0.1, 0.15) is 0 Å². The monoisotopic (exact) mass is 364 g/mol. The summed E-state index contributed by atoms with van der Waals surface area (Å²) in [6.45, 7) is 0. The van der Waals surface area contributed by atoms with Crippen molar-refractivity contribution in [3.63, 3.8) is 0 Å². The van der Waals surface area contributed by atoms with E-state index in [4.69, 9.17) is 10.5 Å². The lowest BCUT2D eigenvalue weighted by atomic mass is 10.2. The molecule has 0 atom stereocenters. The van der Waals surface area contributed by atoms with Crippen LogP contribution in [-0.4, -0.2) is 11.1 Å². The molecular formula is C9H6Br2N2O2S. The van der Waals surface area contributed by atoms with Crippen LogP contribution in [0.4, 0.5) is 4.79 Å². The molecule has 7 heteroatoms. The van der Waals surface area contributed by atoms with Gasteiger partial charge in [-0.1, -0.05) is 55.3 Å². The van der Waals surface area contributed by atoms with E-state index in [9.17, 15) is 4.79 Å². The van der Waals surface area contributed by atoms with Gasteiger partial charge in [0.05, 0.1) is 14.0 Å². The lowest BCUT2D eigenvalue weighted by Crippen LogP contribution is -2.15. The second-order valence-electron chi connectivity index (χ2n) is 2.90. The Hall–Kier alpha value is -0.660. The molecule has 0 saturated heterocycles. The Bertz CT molecular complexity index is 541. The van der Waals surface area contributed by atoms with Gasteiger partial charge in [-0.05, 0) is 6.07 Å². The number of benzene rings is 1. The van der Waals surface area contributed by atoms with Crippen molar-refractivity contribution in [3.05, 3.63) is 23.8 Å². The van der Waals surface area contributed by atoms with Crippen LogP contribution in [0.15, 0.2) is 18.2 Å². The molecule has 0 aliphatic carbocycles. The number of nitrogens with two attached hydrogens (primary N) is 1. The number of halogens is 2. The Balaban J connectivity index is 2.52. The maximum Gasteiger partial charge on any atom is 0.411 e. The van der Waals surface area contributed by atoms with E-state index in [-0.39, 0.29) is 8.93 Å². The highest BCUT2D eigenvalue weighted by Crippen LogP contribution is 2.37. The van der Waals surface area contributed by atoms with E-state index in [2.05, 4.69) is 36.8 Å². The SMILES string of the molecule is NC(=O)Oc1nc2c(C(Br)Br)cccc2s1. The predicted molar refractivity (Wildman–Crippen MR) is 70.4 cm³/mol. The first kappa shape index (κ1) is 11.8. The zero-order valence-electron chi connectivity index (χ0n) is 7.81. The molecule has 0 unspecified atom stereocenters. The number of ether oxygens (including phenoxy) is 1. The quantitative estimate of drug-likeness (QED) is 0.827. The Morgan fingerprint density at radius 1 is 1.50 bits per heavy atom. The fourth-order valence-electron chi connectivity index (χ4n) is 1.26. The summed E-state index contributed by atoms with van der Waals surface area (Å²) in [7, 11) is 0. The van der Waals surface area contributed by atoms with Crippen LogP contribution in [0.2, 0.25) is 0 Å². The van der Waals surface area contributed by atoms with Crippen LogP contribution in [0.25, 0.3) is 10.2 Å². The molecule has 0 fully saturated rings. The smallest absolute Gasteiger partial charge is 0.381 e. The standard InChI is InChI=1S/C9H6Br2N2O2S/c10-7(11)4-2-1-3-5-6(4)13-9(16-5)15-8(12)14/h1-3,7H,(H2,12,14). The van der Waals surface area contributed by atoms with Gasteiger partial charge in [-0.2, -0.15) is 0 Å². The molecule has 0 radical (unpaired) electrons. The molecule has 1 heterocycles. The van der Waals surface area contributed by atoms with E-state index in [0.29, 0.717) is 0 Å². The Kier molecular flexibility index (Phi) is 3.46. The fourth-order valence-corrected chi connectivity index (χ4v) is 2.85. The molecule has 84 valence electrons. The van der Waals surface area contributed by atoms with Crippen molar-refractivity contribution in [2.24, 2.45) is 5.73 Å². The van der Waals surface area contributed by atoms with E-state index in [1.807, 2.05) is 18.2 Å². The van der Waals surface area contributed by atoms with Crippen LogP contribution >= 0.6 is 43.2 Å². The van der Waals surface area contributed by atoms with Gasteiger partial charge >= 0.3 is 6.09 Å². The minimum atomic E-state index is -0.852. The summed E-state index contributed by atoms with van der Waals surface area (Å²) in [4.78, 5) is 14.8. The van der Waals surface area contributed by atoms with Crippen LogP contribution in [0.5, 0.6) is 5.19 Å². The highest BCUT2D eigenvalue weighted by molar-refractivity contribution is 9.24. The summed E-state index contributed by atoms with van der Waals surface area (Å²) in [6.07, 6.45) is -0.852. The largest absolute Gasteiger partial charge is 0.411 e. The molecule has 2 N–H and O–H groups in total. The van der Waals surface area contributed by atoms with Gasteiger partial charge in [0, 0.05) is 5.56 Å². The molecule has 1 aromatic carbocycles. The predicted octanol–water partition coefficient (Wildman–Crippen LogP) is 3.54. The van der Waals surface area contributed by atoms with Crippen LogP contribution in [0.3, 0.4) is 0 Å². The van der Waals surface area contributed by atoms with Gasteiger partial charge in [-0.25, -0.2) is 9.78 Å². The molecule has 1 amide bonds. The van der Waals surface area contributed by atoms with Crippen molar-refractivity contribution in [1.82, 2.24) is 4.98 Å². The summed E-state index contributed by atoms with van der Waals surface area (Å²) < 4.78 is 5.70. The van der Waals surface area contributed by atoms with Gasteiger partial charge in [0.2, 0.25) is 0 Å². The van der Waals surface area contributed by atoms with Crippen molar-refractivity contribution in [2.45, 2.75) is 3.74 Å². The van der Waals surface area contributed by atoms with Crippen molar-refractivity contribution < 1.29 is 9.53 Å². The summed E-state index contributed by atoms with van der Waals surface area (Å²) in [5, 5.41) is 0.260. The Morgan fingerprint density at radius 2 is 2.25 bits per heavy atom. The molecule has 0 bridgehead atoms. The molecule has 2 rings (SSSR count). The number of amides is 1. The average Bonchev–Trinajstić information content (AvgIpc) is 2.57. The summed E-state index contributed by atoms with van der Waals surface area (Å²) in [5.41, 5.74) is 6.70. The van der Waals surface area contributed by atoms with Crippen molar-refractivity contribution in [1.29, 1.82) is 0 Å². The summed E-state index contributed by atoms with van der Waals surface area (Å²) >= 11 is 8.11. The summed E-state index contributed by atoms with van der Waals surface area (Å²) in [6, 6.07) is 5.76. The Morgan fingerprint density at radius 3 is 2.88 bits per heavy atom. The first-order chi connectivity index (χ1) is 7.58. The maximum absolute atomic E-state index is 10.6. The third kappa shape index (κ3) is 2.36. The highest BCUT2D eigenvalue weighted by Gasteiger charge is 2.13. The molecule has 0 aliphatic rings. The van der Waals surface area contributed by atoms with Crippen molar-refractivity contribution in [3.8, 4) is 5.19 Å². The molecular weight excluding hydrogens is 360 g/mol. The van der Waals surface area contributed by atoms with Gasteiger partial charge in [-0.15, -0.1) is 0 Å². The average molecular weight is 366 g/mol. The minimum absolute atomic E-state index is 0.00669. The molecule has 0 saturated carbocycles. The number of nitrogens with zero attached hydrogens (tertiary/aromatic N) is 1. The number of carbonyl (C=O) groups is 1. The normalized spacial score (nSPS) is 10.9. The number of thiazole rings is 1. The lowest BCUT2D eigenvalue weighted by molar-refractivity contribution is 0.211. The van der Waals surface area contributed by atoms with Crippen LogP contribution < -0.4 is 10.5 Å². The molecule has 2 aromatic rings. The molecule has 16 heavy (non-hydrogen) atoms. The number of carbonyl (C=O) groups excluding carboxylic acids is 1. The number of hydrogen-bond acceptors (Lipinski definition) is 4. The number of alkyl halides is 2. The number of para-hydroxylation sites is 1. The number of fused-ring (bicyclic) bond motifs is 1. The van der Waals surface area contributed by atoms with E-state index in [1.54, 1.807) is 0 Å². The number of hydrogen-bond donors (Lipinski definition) is 1. The third-order valence-electron chi connectivity index (χ3n) is 1.85. The topological polar surface area (TPSA) is 65.2 Å². The van der Waals surface area contributed by atoms with Crippen molar-refractivity contribution >= 4 is 59.5 Å². The number of primary amides is 1. The van der Waals surface area contributed by atoms with Crippen LogP contribution in [0, 0.1) is 0 Å². The first-order valence-corrected chi connectivity index (χ1v) is 6.87. The highest BCUT2D eigenvalue weighted by atomic mass is 79.9. The number of rotatable bonds is 2. The molecule has 1 aromatic heterocycles. The van der Waals surface area contributed by atoms with Gasteiger partial charge in [0.15, 0.2) is 0 Å². The first-order valence-electron chi connectivity index (χ1n) is 4.23. The van der Waals surface area contributed by atoms with E-state index < -0.39 is 6.09 Å². The van der Waals surface area contributed by atoms with E-state index in [0.717, 1.165) is 15.8 Å². The second kappa shape index (κ2) is 4.68. The fraction of sp³-hybridized carbons (Fsp3) is 0.111. The molecule has 0 spiro atoms. The van der Waals surface area contributed by atoms with Gasteiger partial charge < -0.3 is 10.5 Å². The van der Waals surface area contributed by atoms with E-state index >= 15 is 0 Å². The summed E-state index contributed by atoms with van der Waals surface area (Å²) in [5.74, 6) is 0. The van der Waals surface area contributed by atoms with Crippen molar-refractivity contribution in [2.75, 3.05) is 0 Å². The van der Waals surface area contributed by atoms with Crippen LogP contribution in [0.1, 0.15) is 9.30 Å². The zero-order valence-corrected chi connectivity index (χ0v) is 11.8. The third-order valence-corrected chi connectivity index (χ3v) is 3.74. The van der Waals surface area contributed by atoms with Crippen LogP contribution in [-0.2, 0) is 0 Å². The lowest BCUT2D eigenvalue weighted by Gasteiger charge is -2.01. The zero-order chi connectivity index (χ0) is 11.7. The Labute approximate surface area is 112 Å². The van der Waals surface area contributed by atoms with E-state index in [1.165, 1.54) is 11.3 Å².